The molecule has 1 unspecified atom stereocenters. The van der Waals surface area contributed by atoms with Crippen molar-refractivity contribution in [3.05, 3.63) is 0 Å². The van der Waals surface area contributed by atoms with E-state index < -0.39 is 5.60 Å². The first-order valence-electron chi connectivity index (χ1n) is 25.5. The van der Waals surface area contributed by atoms with Gasteiger partial charge in [0.15, 0.2) is 0 Å². The molecule has 350 valence electrons. The molecule has 8 heteroatoms. The number of nitrogens with one attached hydrogen (secondary N) is 1. The fourth-order valence-corrected chi connectivity index (χ4v) is 7.71. The van der Waals surface area contributed by atoms with Gasteiger partial charge in [-0.25, -0.2) is 4.79 Å². The molecule has 0 aliphatic rings. The van der Waals surface area contributed by atoms with Crippen molar-refractivity contribution in [3.63, 3.8) is 0 Å². The summed E-state index contributed by atoms with van der Waals surface area (Å²) in [5.74, 6) is 0.413. The van der Waals surface area contributed by atoms with Crippen molar-refractivity contribution in [2.75, 3.05) is 32.8 Å². The van der Waals surface area contributed by atoms with Gasteiger partial charge < -0.3 is 24.4 Å². The van der Waals surface area contributed by atoms with Crippen LogP contribution in [0.1, 0.15) is 260 Å². The first-order chi connectivity index (χ1) is 28.5. The van der Waals surface area contributed by atoms with Crippen molar-refractivity contribution in [1.29, 1.82) is 0 Å². The zero-order chi connectivity index (χ0) is 43.7. The maximum atomic E-state index is 12.8. The summed E-state index contributed by atoms with van der Waals surface area (Å²) in [6.07, 6.45) is 37.4. The Kier molecular flexibility index (Phi) is 40.2. The molecule has 1 atom stereocenters. The normalized spacial score (nSPS) is 12.3. The zero-order valence-electron chi connectivity index (χ0n) is 40.4. The quantitative estimate of drug-likeness (QED) is 0.0371. The van der Waals surface area contributed by atoms with E-state index in [1.165, 1.54) is 109 Å². The average molecular weight is 837 g/mol. The maximum absolute atomic E-state index is 12.8. The van der Waals surface area contributed by atoms with Crippen LogP contribution in [0, 0.1) is 5.92 Å². The van der Waals surface area contributed by atoms with Gasteiger partial charge in [0.05, 0.1) is 6.61 Å². The Labute approximate surface area is 366 Å². The van der Waals surface area contributed by atoms with Crippen LogP contribution in [0.5, 0.6) is 0 Å². The Morgan fingerprint density at radius 2 is 0.915 bits per heavy atom. The number of hydrogen-bond acceptors (Lipinski definition) is 7. The van der Waals surface area contributed by atoms with E-state index in [9.17, 15) is 14.4 Å². The third-order valence-electron chi connectivity index (χ3n) is 11.4. The van der Waals surface area contributed by atoms with E-state index in [0.29, 0.717) is 31.9 Å². The number of carbonyl (C=O) groups is 3. The van der Waals surface area contributed by atoms with Gasteiger partial charge in [-0.1, -0.05) is 163 Å². The third kappa shape index (κ3) is 42.6. The molecule has 0 radical (unpaired) electrons. The molecule has 0 aromatic heterocycles. The molecule has 0 saturated heterocycles. The molecule has 0 aliphatic heterocycles. The first kappa shape index (κ1) is 57.2. The monoisotopic (exact) mass is 837 g/mol. The molecule has 0 bridgehead atoms. The van der Waals surface area contributed by atoms with Gasteiger partial charge in [-0.05, 0) is 111 Å². The lowest BCUT2D eigenvalue weighted by atomic mass is 10.0. The van der Waals surface area contributed by atoms with Crippen LogP contribution < -0.4 is 5.32 Å². The van der Waals surface area contributed by atoms with E-state index in [0.717, 1.165) is 110 Å². The Hall–Kier alpha value is -1.83. The Bertz CT molecular complexity index is 937. The molecule has 8 nitrogen and oxygen atoms in total. The van der Waals surface area contributed by atoms with Crippen LogP contribution in [0.3, 0.4) is 0 Å². The van der Waals surface area contributed by atoms with E-state index in [1.54, 1.807) is 0 Å². The number of carbonyl (C=O) groups excluding carboxylic acids is 3. The second-order valence-corrected chi connectivity index (χ2v) is 18.9. The number of hydrogen-bond donors (Lipinski definition) is 1. The summed E-state index contributed by atoms with van der Waals surface area (Å²) >= 11 is 0. The number of unbranched alkanes of at least 4 members (excludes halogenated alkanes) is 22. The third-order valence-corrected chi connectivity index (χ3v) is 11.4. The largest absolute Gasteiger partial charge is 0.465 e. The average Bonchev–Trinajstić information content (AvgIpc) is 3.19. The number of alkyl carbamates (subject to hydrolysis) is 1. The van der Waals surface area contributed by atoms with E-state index in [2.05, 4.69) is 37.9 Å². The van der Waals surface area contributed by atoms with Gasteiger partial charge in [0.2, 0.25) is 0 Å². The Morgan fingerprint density at radius 1 is 0.508 bits per heavy atom. The van der Waals surface area contributed by atoms with Gasteiger partial charge in [0.25, 0.3) is 0 Å². The van der Waals surface area contributed by atoms with Gasteiger partial charge in [-0.2, -0.15) is 0 Å². The standard InChI is InChI=1S/C51H100N2O6/c1-8-11-14-17-22-29-37-47(38-30-23-18-15-12-9-2)58-49(55)40-32-25-20-27-34-43-53(44-35-41-52-50(56)59-51(5,6)7)42-33-26-19-24-31-39-48(54)57-45-46(4)36-28-21-16-13-10-3/h46-47H,8-45H2,1-7H3,(H,52,56). The molecule has 0 saturated carbocycles. The number of amides is 1. The van der Waals surface area contributed by atoms with E-state index in [1.807, 2.05) is 20.8 Å². The SMILES string of the molecule is CCCCCCCCC(CCCCCCCC)OC(=O)CCCCCCCN(CCCCCCCC(=O)OCC(C)CCCCCCC)CCCNC(=O)OC(C)(C)C. The van der Waals surface area contributed by atoms with Crippen LogP contribution in [0.15, 0.2) is 0 Å². The predicted octanol–water partition coefficient (Wildman–Crippen LogP) is 14.8. The summed E-state index contributed by atoms with van der Waals surface area (Å²) in [5.41, 5.74) is -0.495. The highest BCUT2D eigenvalue weighted by Gasteiger charge is 2.17. The first-order valence-corrected chi connectivity index (χ1v) is 25.5. The molecule has 0 aromatic rings. The molecule has 0 heterocycles. The maximum Gasteiger partial charge on any atom is 0.407 e. The molecular formula is C51H100N2O6. The van der Waals surface area contributed by atoms with Gasteiger partial charge in [-0.15, -0.1) is 0 Å². The second kappa shape index (κ2) is 41.5. The lowest BCUT2D eigenvalue weighted by Crippen LogP contribution is -2.35. The lowest BCUT2D eigenvalue weighted by Gasteiger charge is -2.23. The molecule has 1 N–H and O–H groups in total. The van der Waals surface area contributed by atoms with Gasteiger partial charge >= 0.3 is 18.0 Å². The minimum absolute atomic E-state index is 0.00602. The van der Waals surface area contributed by atoms with Gasteiger partial charge in [-0.3, -0.25) is 9.59 Å². The Morgan fingerprint density at radius 3 is 1.41 bits per heavy atom. The highest BCUT2D eigenvalue weighted by molar-refractivity contribution is 5.69. The number of ether oxygens (including phenoxy) is 3. The predicted molar refractivity (Wildman–Crippen MR) is 250 cm³/mol. The molecule has 0 spiro atoms. The van der Waals surface area contributed by atoms with Crippen LogP contribution in [0.2, 0.25) is 0 Å². The molecule has 0 rings (SSSR count). The zero-order valence-corrected chi connectivity index (χ0v) is 40.4. The molecule has 59 heavy (non-hydrogen) atoms. The van der Waals surface area contributed by atoms with Crippen molar-refractivity contribution >= 4 is 18.0 Å². The minimum atomic E-state index is -0.495. The highest BCUT2D eigenvalue weighted by atomic mass is 16.6. The number of esters is 2. The molecular weight excluding hydrogens is 737 g/mol. The highest BCUT2D eigenvalue weighted by Crippen LogP contribution is 2.19. The van der Waals surface area contributed by atoms with Crippen molar-refractivity contribution in [2.45, 2.75) is 272 Å². The van der Waals surface area contributed by atoms with E-state index in [-0.39, 0.29) is 24.1 Å². The minimum Gasteiger partial charge on any atom is -0.465 e. The van der Waals surface area contributed by atoms with Gasteiger partial charge in [0.1, 0.15) is 11.7 Å². The summed E-state index contributed by atoms with van der Waals surface area (Å²) in [6, 6.07) is 0. The number of nitrogens with zero attached hydrogens (tertiary/aromatic N) is 1. The topological polar surface area (TPSA) is 94.2 Å². The summed E-state index contributed by atoms with van der Waals surface area (Å²) < 4.78 is 17.0. The second-order valence-electron chi connectivity index (χ2n) is 18.9. The van der Waals surface area contributed by atoms with Crippen molar-refractivity contribution in [1.82, 2.24) is 10.2 Å². The van der Waals surface area contributed by atoms with Crippen molar-refractivity contribution in [2.24, 2.45) is 5.92 Å². The van der Waals surface area contributed by atoms with Crippen LogP contribution >= 0.6 is 0 Å². The fraction of sp³-hybridized carbons (Fsp3) is 0.941. The van der Waals surface area contributed by atoms with Crippen LogP contribution in [0.4, 0.5) is 4.79 Å². The fourth-order valence-electron chi connectivity index (χ4n) is 7.71. The Balaban J connectivity index is 4.50. The molecule has 1 amide bonds. The van der Waals surface area contributed by atoms with Crippen LogP contribution in [0.25, 0.3) is 0 Å². The molecule has 0 fully saturated rings. The van der Waals surface area contributed by atoms with Gasteiger partial charge in [0, 0.05) is 19.4 Å². The van der Waals surface area contributed by atoms with E-state index >= 15 is 0 Å². The smallest absolute Gasteiger partial charge is 0.407 e. The summed E-state index contributed by atoms with van der Waals surface area (Å²) in [4.78, 5) is 39.8. The summed E-state index contributed by atoms with van der Waals surface area (Å²) in [6.45, 7) is 18.8. The van der Waals surface area contributed by atoms with E-state index in [4.69, 9.17) is 14.2 Å². The summed E-state index contributed by atoms with van der Waals surface area (Å²) in [7, 11) is 0. The lowest BCUT2D eigenvalue weighted by molar-refractivity contribution is -0.150. The van der Waals surface area contributed by atoms with Crippen LogP contribution in [-0.4, -0.2) is 67.4 Å². The summed E-state index contributed by atoms with van der Waals surface area (Å²) in [5, 5.41) is 2.91. The van der Waals surface area contributed by atoms with Crippen molar-refractivity contribution < 1.29 is 28.6 Å². The molecule has 0 aliphatic carbocycles. The van der Waals surface area contributed by atoms with Crippen LogP contribution in [-0.2, 0) is 23.8 Å². The van der Waals surface area contributed by atoms with Crippen molar-refractivity contribution in [3.8, 4) is 0 Å². The molecule has 0 aromatic carbocycles. The number of rotatable bonds is 43.